The molecule has 4 unspecified atom stereocenters. The van der Waals surface area contributed by atoms with Crippen LogP contribution in [0.1, 0.15) is 6.23 Å². The van der Waals surface area contributed by atoms with Crippen molar-refractivity contribution in [2.45, 2.75) is 24.5 Å². The summed E-state index contributed by atoms with van der Waals surface area (Å²) in [6, 6.07) is 1.01. The van der Waals surface area contributed by atoms with Crippen molar-refractivity contribution in [3.63, 3.8) is 0 Å². The minimum absolute atomic E-state index is 0.640. The number of ether oxygens (including phenoxy) is 1. The van der Waals surface area contributed by atoms with Gasteiger partial charge in [0.1, 0.15) is 12.2 Å². The molecule has 9 heteroatoms. The summed E-state index contributed by atoms with van der Waals surface area (Å²) in [5.74, 6) is -1.46. The Morgan fingerprint density at radius 1 is 1.33 bits per heavy atom. The van der Waals surface area contributed by atoms with Gasteiger partial charge in [0.15, 0.2) is 12.3 Å². The number of nitrogens with zero attached hydrogens (tertiary/aromatic N) is 1. The van der Waals surface area contributed by atoms with Crippen LogP contribution in [0.15, 0.2) is 21.9 Å². The standard InChI is InChI=1S/C9H10N2O7/c12-3-1-2-11(9(17)10-3)7-5(14)4(13)6(18-7)8(15)16/h1-2,4-7,13-14H,(H,15,16)(H,10,12,17). The van der Waals surface area contributed by atoms with E-state index in [-0.39, 0.29) is 0 Å². The SMILES string of the molecule is O=C(O)C1OC(n2ccc(=O)[nH]c2=O)C(O)C1O. The molecule has 0 aromatic carbocycles. The highest BCUT2D eigenvalue weighted by Crippen LogP contribution is 2.28. The Balaban J connectivity index is 2.38. The summed E-state index contributed by atoms with van der Waals surface area (Å²) in [6.07, 6.45) is -5.21. The number of H-pyrrole nitrogens is 1. The first-order valence-corrected chi connectivity index (χ1v) is 4.97. The molecule has 0 saturated carbocycles. The lowest BCUT2D eigenvalue weighted by molar-refractivity contribution is -0.155. The van der Waals surface area contributed by atoms with Crippen LogP contribution in [-0.2, 0) is 9.53 Å². The van der Waals surface area contributed by atoms with Gasteiger partial charge in [0.05, 0.1) is 0 Å². The van der Waals surface area contributed by atoms with Crippen molar-refractivity contribution in [3.8, 4) is 0 Å². The van der Waals surface area contributed by atoms with Crippen LogP contribution in [0.4, 0.5) is 0 Å². The Morgan fingerprint density at radius 3 is 2.50 bits per heavy atom. The van der Waals surface area contributed by atoms with Crippen LogP contribution in [0.25, 0.3) is 0 Å². The van der Waals surface area contributed by atoms with Gasteiger partial charge in [-0.05, 0) is 0 Å². The van der Waals surface area contributed by atoms with E-state index in [1.807, 2.05) is 4.98 Å². The van der Waals surface area contributed by atoms with Gasteiger partial charge < -0.3 is 20.1 Å². The smallest absolute Gasteiger partial charge is 0.335 e. The molecule has 0 radical (unpaired) electrons. The van der Waals surface area contributed by atoms with Gasteiger partial charge in [0.2, 0.25) is 0 Å². The monoisotopic (exact) mass is 258 g/mol. The molecule has 1 aliphatic rings. The van der Waals surface area contributed by atoms with Crippen molar-refractivity contribution in [1.29, 1.82) is 0 Å². The lowest BCUT2D eigenvalue weighted by atomic mass is 10.1. The number of aliphatic carboxylic acids is 1. The van der Waals surface area contributed by atoms with Crippen LogP contribution in [0, 0.1) is 0 Å². The van der Waals surface area contributed by atoms with E-state index in [1.165, 1.54) is 0 Å². The molecule has 1 aliphatic heterocycles. The van der Waals surface area contributed by atoms with Crippen LogP contribution in [-0.4, -0.2) is 49.2 Å². The molecule has 1 saturated heterocycles. The number of carboxylic acids is 1. The third kappa shape index (κ3) is 1.94. The van der Waals surface area contributed by atoms with Gasteiger partial charge in [-0.2, -0.15) is 0 Å². The zero-order chi connectivity index (χ0) is 13.4. The first-order chi connectivity index (χ1) is 8.41. The quantitative estimate of drug-likeness (QED) is 0.450. The summed E-state index contributed by atoms with van der Waals surface area (Å²) in [5.41, 5.74) is -1.51. The maximum atomic E-state index is 11.4. The average Bonchev–Trinajstić information content (AvgIpc) is 2.57. The molecule has 2 heterocycles. The predicted molar refractivity (Wildman–Crippen MR) is 54.9 cm³/mol. The molecule has 98 valence electrons. The van der Waals surface area contributed by atoms with E-state index in [9.17, 15) is 24.6 Å². The lowest BCUT2D eigenvalue weighted by Gasteiger charge is -2.16. The maximum absolute atomic E-state index is 11.4. The van der Waals surface area contributed by atoms with Gasteiger partial charge in [-0.3, -0.25) is 14.3 Å². The van der Waals surface area contributed by atoms with Crippen molar-refractivity contribution < 1.29 is 24.9 Å². The Bertz CT molecular complexity index is 577. The molecule has 2 rings (SSSR count). The molecule has 1 fully saturated rings. The second-order valence-corrected chi connectivity index (χ2v) is 3.78. The number of hydrogen-bond donors (Lipinski definition) is 4. The number of carbonyl (C=O) groups is 1. The molecule has 1 aromatic rings. The summed E-state index contributed by atoms with van der Waals surface area (Å²) in [5, 5.41) is 27.8. The van der Waals surface area contributed by atoms with E-state index in [4.69, 9.17) is 9.84 Å². The Labute approximate surface area is 98.9 Å². The van der Waals surface area contributed by atoms with Crippen molar-refractivity contribution >= 4 is 5.97 Å². The van der Waals surface area contributed by atoms with Gasteiger partial charge in [0.25, 0.3) is 5.56 Å². The first-order valence-electron chi connectivity index (χ1n) is 4.97. The van der Waals surface area contributed by atoms with E-state index in [1.54, 1.807) is 0 Å². The number of carboxylic acid groups (broad SMARTS) is 1. The molecule has 0 amide bonds. The number of aliphatic hydroxyl groups excluding tert-OH is 2. The second-order valence-electron chi connectivity index (χ2n) is 3.78. The maximum Gasteiger partial charge on any atom is 0.335 e. The van der Waals surface area contributed by atoms with Crippen LogP contribution in [0.2, 0.25) is 0 Å². The molecule has 1 aromatic heterocycles. The first kappa shape index (κ1) is 12.5. The van der Waals surface area contributed by atoms with Crippen LogP contribution in [0.3, 0.4) is 0 Å². The number of aromatic amines is 1. The highest BCUT2D eigenvalue weighted by atomic mass is 16.6. The number of aromatic nitrogens is 2. The molecule has 9 nitrogen and oxygen atoms in total. The average molecular weight is 258 g/mol. The van der Waals surface area contributed by atoms with Crippen LogP contribution in [0.5, 0.6) is 0 Å². The third-order valence-corrected chi connectivity index (χ3v) is 2.61. The molecule has 18 heavy (non-hydrogen) atoms. The normalized spacial score (nSPS) is 31.4. The zero-order valence-electron chi connectivity index (χ0n) is 8.89. The van der Waals surface area contributed by atoms with Crippen molar-refractivity contribution in [3.05, 3.63) is 33.1 Å². The Morgan fingerprint density at radius 2 is 2.00 bits per heavy atom. The van der Waals surface area contributed by atoms with Crippen molar-refractivity contribution in [2.24, 2.45) is 0 Å². The molecule has 0 bridgehead atoms. The number of rotatable bonds is 2. The fraction of sp³-hybridized carbons (Fsp3) is 0.444. The van der Waals surface area contributed by atoms with Gasteiger partial charge in [-0.1, -0.05) is 0 Å². The minimum atomic E-state index is -1.66. The largest absolute Gasteiger partial charge is 0.479 e. The molecule has 0 aliphatic carbocycles. The van der Waals surface area contributed by atoms with Gasteiger partial charge in [-0.25, -0.2) is 9.59 Å². The Hall–Kier alpha value is -1.97. The molecular weight excluding hydrogens is 248 g/mol. The van der Waals surface area contributed by atoms with E-state index >= 15 is 0 Å². The van der Waals surface area contributed by atoms with Gasteiger partial charge >= 0.3 is 11.7 Å². The van der Waals surface area contributed by atoms with Crippen LogP contribution >= 0.6 is 0 Å². The third-order valence-electron chi connectivity index (χ3n) is 2.61. The predicted octanol–water partition coefficient (Wildman–Crippen LogP) is -2.76. The summed E-state index contributed by atoms with van der Waals surface area (Å²) < 4.78 is 5.70. The Kier molecular flexibility index (Phi) is 3.03. The molecule has 0 spiro atoms. The van der Waals surface area contributed by atoms with E-state index in [0.29, 0.717) is 0 Å². The zero-order valence-corrected chi connectivity index (χ0v) is 8.89. The van der Waals surface area contributed by atoms with E-state index in [0.717, 1.165) is 16.8 Å². The van der Waals surface area contributed by atoms with Gasteiger partial charge in [-0.15, -0.1) is 0 Å². The summed E-state index contributed by atoms with van der Waals surface area (Å²) >= 11 is 0. The second kappa shape index (κ2) is 4.37. The minimum Gasteiger partial charge on any atom is -0.479 e. The molecular formula is C9H10N2O7. The fourth-order valence-corrected chi connectivity index (χ4v) is 1.72. The van der Waals surface area contributed by atoms with E-state index in [2.05, 4.69) is 0 Å². The van der Waals surface area contributed by atoms with Crippen molar-refractivity contribution in [1.82, 2.24) is 9.55 Å². The van der Waals surface area contributed by atoms with Crippen molar-refractivity contribution in [2.75, 3.05) is 0 Å². The van der Waals surface area contributed by atoms with Crippen LogP contribution < -0.4 is 11.2 Å². The summed E-state index contributed by atoms with van der Waals surface area (Å²) in [7, 11) is 0. The topological polar surface area (TPSA) is 142 Å². The highest BCUT2D eigenvalue weighted by Gasteiger charge is 2.47. The fourth-order valence-electron chi connectivity index (χ4n) is 1.72. The van der Waals surface area contributed by atoms with Gasteiger partial charge in [0, 0.05) is 12.3 Å². The number of nitrogens with one attached hydrogen (secondary N) is 1. The molecule has 4 atom stereocenters. The lowest BCUT2D eigenvalue weighted by Crippen LogP contribution is -2.38. The number of hydrogen-bond acceptors (Lipinski definition) is 6. The number of aliphatic hydroxyl groups is 2. The molecule has 4 N–H and O–H groups in total. The summed E-state index contributed by atoms with van der Waals surface area (Å²) in [6.45, 7) is 0. The highest BCUT2D eigenvalue weighted by molar-refractivity contribution is 5.73. The summed E-state index contributed by atoms with van der Waals surface area (Å²) in [4.78, 5) is 35.0. The van der Waals surface area contributed by atoms with E-state index < -0.39 is 41.8 Å².